The molecule has 1 unspecified atom stereocenters. The Labute approximate surface area is 126 Å². The third-order valence-corrected chi connectivity index (χ3v) is 4.53. The molecule has 0 heterocycles. The minimum absolute atomic E-state index is 0.127. The lowest BCUT2D eigenvalue weighted by atomic mass is 9.88. The van der Waals surface area contributed by atoms with Crippen molar-refractivity contribution in [3.63, 3.8) is 0 Å². The van der Waals surface area contributed by atoms with Crippen LogP contribution >= 0.6 is 15.9 Å². The van der Waals surface area contributed by atoms with Gasteiger partial charge in [0.25, 0.3) is 0 Å². The Balaban J connectivity index is 2.82. The van der Waals surface area contributed by atoms with Crippen molar-refractivity contribution in [2.45, 2.75) is 45.2 Å². The molecule has 1 atom stereocenters. The molecule has 0 aliphatic rings. The molecule has 0 saturated carbocycles. The summed E-state index contributed by atoms with van der Waals surface area (Å²) in [6, 6.07) is 9.10. The Hall–Kier alpha value is -0.380. The third-order valence-electron chi connectivity index (χ3n) is 4.00. The van der Waals surface area contributed by atoms with Crippen LogP contribution in [0.25, 0.3) is 0 Å². The molecule has 3 heteroatoms. The number of rotatable bonds is 7. The van der Waals surface area contributed by atoms with E-state index >= 15 is 0 Å². The topological polar surface area (TPSA) is 15.3 Å². The van der Waals surface area contributed by atoms with Gasteiger partial charge >= 0.3 is 0 Å². The standard InChI is InChI=1S/C16H27BrN2/c1-6-11-18-15(16(2,3)19(4)5)12-13-7-9-14(17)10-8-13/h7-10,15,18H,6,11-12H2,1-5H3. The van der Waals surface area contributed by atoms with Crippen molar-refractivity contribution in [2.24, 2.45) is 0 Å². The van der Waals surface area contributed by atoms with Gasteiger partial charge in [-0.15, -0.1) is 0 Å². The summed E-state index contributed by atoms with van der Waals surface area (Å²) in [6.45, 7) is 7.89. The smallest absolute Gasteiger partial charge is 0.0303 e. The van der Waals surface area contributed by atoms with Crippen LogP contribution in [-0.2, 0) is 6.42 Å². The summed E-state index contributed by atoms with van der Waals surface area (Å²) in [6.07, 6.45) is 2.22. The third kappa shape index (κ3) is 4.90. The fourth-order valence-corrected chi connectivity index (χ4v) is 2.32. The van der Waals surface area contributed by atoms with Crippen LogP contribution in [0.4, 0.5) is 0 Å². The Morgan fingerprint density at radius 2 is 1.79 bits per heavy atom. The Morgan fingerprint density at radius 3 is 2.26 bits per heavy atom. The van der Waals surface area contributed by atoms with Crippen LogP contribution in [0.15, 0.2) is 28.7 Å². The van der Waals surface area contributed by atoms with Gasteiger partial charge in [-0.1, -0.05) is 35.0 Å². The lowest BCUT2D eigenvalue weighted by Gasteiger charge is -2.41. The van der Waals surface area contributed by atoms with Crippen LogP contribution in [0.1, 0.15) is 32.8 Å². The van der Waals surface area contributed by atoms with E-state index in [1.54, 1.807) is 0 Å². The van der Waals surface area contributed by atoms with Crippen molar-refractivity contribution in [3.8, 4) is 0 Å². The normalized spacial score (nSPS) is 13.8. The van der Waals surface area contributed by atoms with E-state index in [4.69, 9.17) is 0 Å². The van der Waals surface area contributed by atoms with Crippen LogP contribution in [0.2, 0.25) is 0 Å². The van der Waals surface area contributed by atoms with Gasteiger partial charge in [-0.25, -0.2) is 0 Å². The van der Waals surface area contributed by atoms with Gasteiger partial charge in [0, 0.05) is 16.1 Å². The monoisotopic (exact) mass is 326 g/mol. The first kappa shape index (κ1) is 16.7. The number of nitrogens with zero attached hydrogens (tertiary/aromatic N) is 1. The quantitative estimate of drug-likeness (QED) is 0.821. The van der Waals surface area contributed by atoms with Crippen molar-refractivity contribution in [1.82, 2.24) is 10.2 Å². The van der Waals surface area contributed by atoms with Crippen LogP contribution in [0.5, 0.6) is 0 Å². The van der Waals surface area contributed by atoms with Crippen molar-refractivity contribution >= 4 is 15.9 Å². The van der Waals surface area contributed by atoms with E-state index in [-0.39, 0.29) is 5.54 Å². The highest BCUT2D eigenvalue weighted by molar-refractivity contribution is 9.10. The summed E-state index contributed by atoms with van der Waals surface area (Å²) >= 11 is 3.49. The zero-order chi connectivity index (χ0) is 14.5. The largest absolute Gasteiger partial charge is 0.312 e. The van der Waals surface area contributed by atoms with Gasteiger partial charge in [-0.2, -0.15) is 0 Å². The van der Waals surface area contributed by atoms with Gasteiger partial charge in [0.05, 0.1) is 0 Å². The number of nitrogens with one attached hydrogen (secondary N) is 1. The van der Waals surface area contributed by atoms with Crippen LogP contribution < -0.4 is 5.32 Å². The number of likely N-dealkylation sites (N-methyl/N-ethyl adjacent to an activating group) is 1. The zero-order valence-electron chi connectivity index (χ0n) is 12.8. The molecule has 0 bridgehead atoms. The molecule has 1 aromatic rings. The second-order valence-corrected chi connectivity index (χ2v) is 6.80. The summed E-state index contributed by atoms with van der Waals surface area (Å²) in [4.78, 5) is 2.30. The number of benzene rings is 1. The molecule has 0 radical (unpaired) electrons. The lowest BCUT2D eigenvalue weighted by molar-refractivity contribution is 0.137. The fourth-order valence-electron chi connectivity index (χ4n) is 2.06. The Kier molecular flexibility index (Phi) is 6.51. The van der Waals surface area contributed by atoms with Gasteiger partial charge in [-0.05, 0) is 65.0 Å². The summed E-state index contributed by atoms with van der Waals surface area (Å²) in [7, 11) is 4.31. The SMILES string of the molecule is CCCNC(Cc1ccc(Br)cc1)C(C)(C)N(C)C. The first-order chi connectivity index (χ1) is 8.87. The molecule has 0 spiro atoms. The van der Waals surface area contributed by atoms with Crippen molar-refractivity contribution in [1.29, 1.82) is 0 Å². The first-order valence-corrected chi connectivity index (χ1v) is 7.82. The highest BCUT2D eigenvalue weighted by atomic mass is 79.9. The van der Waals surface area contributed by atoms with Crippen molar-refractivity contribution < 1.29 is 0 Å². The van der Waals surface area contributed by atoms with E-state index in [0.717, 1.165) is 17.4 Å². The highest BCUT2D eigenvalue weighted by Crippen LogP contribution is 2.21. The van der Waals surface area contributed by atoms with Crippen LogP contribution in [-0.4, -0.2) is 37.1 Å². The van der Waals surface area contributed by atoms with E-state index < -0.39 is 0 Å². The number of halogens is 1. The predicted octanol–water partition coefficient (Wildman–Crippen LogP) is 3.70. The molecule has 108 valence electrons. The van der Waals surface area contributed by atoms with E-state index in [2.05, 4.69) is 85.3 Å². The molecular weight excluding hydrogens is 300 g/mol. The lowest BCUT2D eigenvalue weighted by Crippen LogP contribution is -2.56. The first-order valence-electron chi connectivity index (χ1n) is 7.03. The molecule has 1 rings (SSSR count). The number of hydrogen-bond donors (Lipinski definition) is 1. The molecule has 19 heavy (non-hydrogen) atoms. The van der Waals surface area contributed by atoms with Gasteiger partial charge in [-0.3, -0.25) is 0 Å². The minimum atomic E-state index is 0.127. The van der Waals surface area contributed by atoms with Gasteiger partial charge in [0.1, 0.15) is 0 Å². The van der Waals surface area contributed by atoms with E-state index in [1.807, 2.05) is 0 Å². The summed E-state index contributed by atoms with van der Waals surface area (Å²) in [5.74, 6) is 0. The maximum absolute atomic E-state index is 3.70. The maximum Gasteiger partial charge on any atom is 0.0303 e. The van der Waals surface area contributed by atoms with Crippen molar-refractivity contribution in [3.05, 3.63) is 34.3 Å². The zero-order valence-corrected chi connectivity index (χ0v) is 14.4. The molecule has 1 N–H and O–H groups in total. The molecule has 0 fully saturated rings. The molecule has 0 aliphatic heterocycles. The van der Waals surface area contributed by atoms with Gasteiger partial charge in [0.15, 0.2) is 0 Å². The second-order valence-electron chi connectivity index (χ2n) is 5.89. The Bertz CT molecular complexity index is 371. The molecule has 0 amide bonds. The fraction of sp³-hybridized carbons (Fsp3) is 0.625. The summed E-state index contributed by atoms with van der Waals surface area (Å²) < 4.78 is 1.14. The highest BCUT2D eigenvalue weighted by Gasteiger charge is 2.31. The maximum atomic E-state index is 3.70. The summed E-state index contributed by atoms with van der Waals surface area (Å²) in [5, 5.41) is 3.70. The second kappa shape index (κ2) is 7.41. The van der Waals surface area contributed by atoms with Crippen molar-refractivity contribution in [2.75, 3.05) is 20.6 Å². The van der Waals surface area contributed by atoms with Crippen LogP contribution in [0, 0.1) is 0 Å². The van der Waals surface area contributed by atoms with E-state index in [1.165, 1.54) is 12.0 Å². The van der Waals surface area contributed by atoms with E-state index in [0.29, 0.717) is 6.04 Å². The number of hydrogen-bond acceptors (Lipinski definition) is 2. The van der Waals surface area contributed by atoms with E-state index in [9.17, 15) is 0 Å². The average molecular weight is 327 g/mol. The molecule has 0 saturated heterocycles. The summed E-state index contributed by atoms with van der Waals surface area (Å²) in [5.41, 5.74) is 1.51. The Morgan fingerprint density at radius 1 is 1.21 bits per heavy atom. The molecule has 0 aromatic heterocycles. The predicted molar refractivity (Wildman–Crippen MR) is 87.7 cm³/mol. The molecule has 2 nitrogen and oxygen atoms in total. The minimum Gasteiger partial charge on any atom is -0.312 e. The van der Waals surface area contributed by atoms with Gasteiger partial charge in [0.2, 0.25) is 0 Å². The molecule has 1 aromatic carbocycles. The molecule has 0 aliphatic carbocycles. The average Bonchev–Trinajstić information content (AvgIpc) is 2.36. The van der Waals surface area contributed by atoms with Crippen LogP contribution in [0.3, 0.4) is 0 Å². The van der Waals surface area contributed by atoms with Gasteiger partial charge < -0.3 is 10.2 Å². The molecular formula is C16H27BrN2.